The maximum Gasteiger partial charge on any atom is 0.105 e. The molecule has 1 N–H and O–H groups in total. The number of furan rings is 1. The third kappa shape index (κ3) is 4.44. The van der Waals surface area contributed by atoms with Crippen molar-refractivity contribution in [3.05, 3.63) is 24.2 Å². The largest absolute Gasteiger partial charge is 0.469 e. The van der Waals surface area contributed by atoms with E-state index in [1.54, 1.807) is 6.26 Å². The van der Waals surface area contributed by atoms with Crippen molar-refractivity contribution in [3.8, 4) is 0 Å². The molecule has 0 fully saturated rings. The molecule has 0 saturated carbocycles. The topological polar surface area (TPSA) is 34.4 Å². The molecular weight excluding hydrogens is 178 g/mol. The van der Waals surface area contributed by atoms with Gasteiger partial charge in [-0.1, -0.05) is 0 Å². The zero-order valence-corrected chi connectivity index (χ0v) is 8.95. The van der Waals surface area contributed by atoms with E-state index in [-0.39, 0.29) is 0 Å². The first-order valence-corrected chi connectivity index (χ1v) is 5.16. The second-order valence-electron chi connectivity index (χ2n) is 3.34. The zero-order chi connectivity index (χ0) is 10.2. The highest BCUT2D eigenvalue weighted by Gasteiger charge is 2.01. The van der Waals surface area contributed by atoms with Crippen LogP contribution in [0.5, 0.6) is 0 Å². The van der Waals surface area contributed by atoms with Crippen molar-refractivity contribution in [1.82, 2.24) is 5.32 Å². The van der Waals surface area contributed by atoms with Crippen molar-refractivity contribution >= 4 is 0 Å². The quantitative estimate of drug-likeness (QED) is 0.724. The summed E-state index contributed by atoms with van der Waals surface area (Å²) in [4.78, 5) is 0. The van der Waals surface area contributed by atoms with Gasteiger partial charge in [0.05, 0.1) is 12.9 Å². The summed E-state index contributed by atoms with van der Waals surface area (Å²) >= 11 is 0. The maximum absolute atomic E-state index is 5.30. The van der Waals surface area contributed by atoms with Gasteiger partial charge in [0.1, 0.15) is 5.76 Å². The van der Waals surface area contributed by atoms with Gasteiger partial charge in [0, 0.05) is 25.6 Å². The van der Waals surface area contributed by atoms with Crippen LogP contribution in [0.15, 0.2) is 22.8 Å². The van der Waals surface area contributed by atoms with Crippen LogP contribution in [0.4, 0.5) is 0 Å². The summed E-state index contributed by atoms with van der Waals surface area (Å²) in [5.41, 5.74) is 0. The fraction of sp³-hybridized carbons (Fsp3) is 0.636. The third-order valence-corrected chi connectivity index (χ3v) is 2.02. The second kappa shape index (κ2) is 6.62. The number of nitrogens with one attached hydrogen (secondary N) is 1. The molecule has 1 heterocycles. The fourth-order valence-electron chi connectivity index (χ4n) is 1.25. The van der Waals surface area contributed by atoms with Gasteiger partial charge in [-0.05, 0) is 26.0 Å². The molecule has 3 heteroatoms. The maximum atomic E-state index is 5.30. The number of ether oxygens (including phenoxy) is 1. The number of rotatable bonds is 7. The smallest absolute Gasteiger partial charge is 0.105 e. The highest BCUT2D eigenvalue weighted by Crippen LogP contribution is 1.99. The second-order valence-corrected chi connectivity index (χ2v) is 3.34. The van der Waals surface area contributed by atoms with E-state index in [2.05, 4.69) is 12.2 Å². The molecule has 0 saturated heterocycles. The van der Waals surface area contributed by atoms with E-state index in [4.69, 9.17) is 9.15 Å². The van der Waals surface area contributed by atoms with Gasteiger partial charge < -0.3 is 14.5 Å². The van der Waals surface area contributed by atoms with Crippen molar-refractivity contribution in [3.63, 3.8) is 0 Å². The van der Waals surface area contributed by atoms with Crippen LogP contribution in [-0.2, 0) is 11.2 Å². The summed E-state index contributed by atoms with van der Waals surface area (Å²) in [5, 5.41) is 3.37. The molecule has 14 heavy (non-hydrogen) atoms. The summed E-state index contributed by atoms with van der Waals surface area (Å²) in [6.45, 7) is 6.62. The lowest BCUT2D eigenvalue weighted by atomic mass is 10.3. The van der Waals surface area contributed by atoms with Crippen molar-refractivity contribution in [2.24, 2.45) is 0 Å². The van der Waals surface area contributed by atoms with Crippen molar-refractivity contribution in [2.45, 2.75) is 26.3 Å². The minimum atomic E-state index is 0.407. The van der Waals surface area contributed by atoms with Crippen molar-refractivity contribution in [1.29, 1.82) is 0 Å². The monoisotopic (exact) mass is 197 g/mol. The molecule has 1 atom stereocenters. The molecule has 0 spiro atoms. The Morgan fingerprint density at radius 3 is 3.07 bits per heavy atom. The highest BCUT2D eigenvalue weighted by molar-refractivity contribution is 4.98. The van der Waals surface area contributed by atoms with Crippen LogP contribution in [-0.4, -0.2) is 25.8 Å². The molecular formula is C11H19NO2. The van der Waals surface area contributed by atoms with Gasteiger partial charge in [-0.2, -0.15) is 0 Å². The lowest BCUT2D eigenvalue weighted by Crippen LogP contribution is -2.32. The Kier molecular flexibility index (Phi) is 5.33. The van der Waals surface area contributed by atoms with E-state index in [0.29, 0.717) is 6.04 Å². The normalized spacial score (nSPS) is 13.0. The van der Waals surface area contributed by atoms with E-state index < -0.39 is 0 Å². The highest BCUT2D eigenvalue weighted by atomic mass is 16.5. The fourth-order valence-corrected chi connectivity index (χ4v) is 1.25. The molecule has 0 aromatic carbocycles. The molecule has 0 amide bonds. The molecule has 0 radical (unpaired) electrons. The lowest BCUT2D eigenvalue weighted by molar-refractivity contribution is 0.127. The Bertz CT molecular complexity index is 221. The molecule has 1 unspecified atom stereocenters. The standard InChI is InChI=1S/C11H19NO2/c1-3-13-9-10(2)12-7-6-11-5-4-8-14-11/h4-5,8,10,12H,3,6-7,9H2,1-2H3. The van der Waals surface area contributed by atoms with E-state index in [9.17, 15) is 0 Å². The minimum Gasteiger partial charge on any atom is -0.469 e. The Balaban J connectivity index is 2.03. The van der Waals surface area contributed by atoms with Gasteiger partial charge in [0.2, 0.25) is 0 Å². The molecule has 0 aliphatic heterocycles. The zero-order valence-electron chi connectivity index (χ0n) is 8.95. The Morgan fingerprint density at radius 2 is 2.43 bits per heavy atom. The minimum absolute atomic E-state index is 0.407. The summed E-state index contributed by atoms with van der Waals surface area (Å²) in [7, 11) is 0. The predicted molar refractivity (Wildman–Crippen MR) is 56.4 cm³/mol. The van der Waals surface area contributed by atoms with Crippen molar-refractivity contribution in [2.75, 3.05) is 19.8 Å². The molecule has 3 nitrogen and oxygen atoms in total. The van der Waals surface area contributed by atoms with Crippen molar-refractivity contribution < 1.29 is 9.15 Å². The molecule has 1 aromatic rings. The number of hydrogen-bond acceptors (Lipinski definition) is 3. The van der Waals surface area contributed by atoms with Gasteiger partial charge in [0.15, 0.2) is 0 Å². The molecule has 0 bridgehead atoms. The Morgan fingerprint density at radius 1 is 1.57 bits per heavy atom. The first-order valence-electron chi connectivity index (χ1n) is 5.16. The van der Waals surface area contributed by atoms with E-state index in [1.807, 2.05) is 19.1 Å². The Labute approximate surface area is 85.4 Å². The van der Waals surface area contributed by atoms with Crippen LogP contribution in [0.2, 0.25) is 0 Å². The molecule has 0 aliphatic carbocycles. The summed E-state index contributed by atoms with van der Waals surface area (Å²) in [6.07, 6.45) is 2.64. The van der Waals surface area contributed by atoms with E-state index in [0.717, 1.165) is 31.9 Å². The van der Waals surface area contributed by atoms with Gasteiger partial charge in [-0.15, -0.1) is 0 Å². The Hall–Kier alpha value is -0.800. The summed E-state index contributed by atoms with van der Waals surface area (Å²) in [6, 6.07) is 4.32. The van der Waals surface area contributed by atoms with Crippen LogP contribution in [0.1, 0.15) is 19.6 Å². The van der Waals surface area contributed by atoms with E-state index >= 15 is 0 Å². The van der Waals surface area contributed by atoms with Gasteiger partial charge in [0.25, 0.3) is 0 Å². The molecule has 1 aromatic heterocycles. The average molecular weight is 197 g/mol. The molecule has 0 aliphatic rings. The SMILES string of the molecule is CCOCC(C)NCCc1ccco1. The van der Waals surface area contributed by atoms with Crippen LogP contribution in [0, 0.1) is 0 Å². The van der Waals surface area contributed by atoms with Crippen LogP contribution in [0.3, 0.4) is 0 Å². The molecule has 1 rings (SSSR count). The first-order chi connectivity index (χ1) is 6.83. The number of hydrogen-bond donors (Lipinski definition) is 1. The molecule has 80 valence electrons. The predicted octanol–water partition coefficient (Wildman–Crippen LogP) is 1.84. The van der Waals surface area contributed by atoms with E-state index in [1.165, 1.54) is 0 Å². The summed E-state index contributed by atoms with van der Waals surface area (Å²) < 4.78 is 10.5. The van der Waals surface area contributed by atoms with Gasteiger partial charge in [-0.25, -0.2) is 0 Å². The van der Waals surface area contributed by atoms with Crippen LogP contribution in [0.25, 0.3) is 0 Å². The first kappa shape index (κ1) is 11.3. The van der Waals surface area contributed by atoms with Gasteiger partial charge >= 0.3 is 0 Å². The van der Waals surface area contributed by atoms with Gasteiger partial charge in [-0.3, -0.25) is 0 Å². The average Bonchev–Trinajstić information content (AvgIpc) is 2.67. The van der Waals surface area contributed by atoms with Crippen LogP contribution < -0.4 is 5.32 Å². The summed E-state index contributed by atoms with van der Waals surface area (Å²) in [5.74, 6) is 1.03. The third-order valence-electron chi connectivity index (χ3n) is 2.02. The lowest BCUT2D eigenvalue weighted by Gasteiger charge is -2.12. The van der Waals surface area contributed by atoms with Crippen LogP contribution >= 0.6 is 0 Å².